The summed E-state index contributed by atoms with van der Waals surface area (Å²) >= 11 is 9.07. The van der Waals surface area contributed by atoms with E-state index < -0.39 is 17.7 Å². The Morgan fingerprint density at radius 2 is 1.70 bits per heavy atom. The Balaban J connectivity index is 0.000000253. The van der Waals surface area contributed by atoms with Crippen molar-refractivity contribution in [3.63, 3.8) is 0 Å². The number of halogens is 2. The molecule has 2 N–H and O–H groups in total. The minimum Gasteiger partial charge on any atom is -0.477 e. The number of carboxylic acids is 1. The predicted molar refractivity (Wildman–Crippen MR) is 101 cm³/mol. The molecule has 0 unspecified atom stereocenters. The van der Waals surface area contributed by atoms with Crippen molar-refractivity contribution in [1.29, 1.82) is 0 Å². The second-order valence-electron chi connectivity index (χ2n) is 5.13. The number of hydrogen-bond acceptors (Lipinski definition) is 5. The molecule has 0 bridgehead atoms. The van der Waals surface area contributed by atoms with Gasteiger partial charge in [-0.2, -0.15) is 0 Å². The molecule has 0 saturated carbocycles. The van der Waals surface area contributed by atoms with Crippen LogP contribution in [-0.2, 0) is 4.74 Å². The van der Waals surface area contributed by atoms with Crippen LogP contribution in [0.25, 0.3) is 0 Å². The first kappa shape index (κ1) is 20.1. The number of carbonyl (C=O) groups is 2. The van der Waals surface area contributed by atoms with E-state index in [1.807, 2.05) is 32.2 Å². The van der Waals surface area contributed by atoms with Crippen LogP contribution in [0, 0.1) is 0 Å². The number of ether oxygens (including phenoxy) is 1. The van der Waals surface area contributed by atoms with Crippen molar-refractivity contribution in [3.8, 4) is 0 Å². The third-order valence-corrected chi connectivity index (χ3v) is 5.62. The largest absolute Gasteiger partial charge is 0.477 e. The molecule has 2 aromatic rings. The maximum absolute atomic E-state index is 11.3. The molecule has 0 aliphatic heterocycles. The lowest BCUT2D eigenvalue weighted by atomic mass is 10.2. The van der Waals surface area contributed by atoms with Crippen molar-refractivity contribution in [2.45, 2.75) is 26.4 Å². The molecule has 0 fully saturated rings. The van der Waals surface area contributed by atoms with E-state index in [2.05, 4.69) is 37.2 Å². The van der Waals surface area contributed by atoms with Crippen LogP contribution in [0.5, 0.6) is 0 Å². The first-order valence-electron chi connectivity index (χ1n) is 6.29. The molecule has 2 rings (SSSR count). The molecule has 2 heterocycles. The van der Waals surface area contributed by atoms with Crippen LogP contribution in [0.15, 0.2) is 31.8 Å². The highest BCUT2D eigenvalue weighted by atomic mass is 79.9. The average molecular weight is 485 g/mol. The first-order valence-corrected chi connectivity index (χ1v) is 9.64. The number of carboxylic acid groups (broad SMARTS) is 1. The summed E-state index contributed by atoms with van der Waals surface area (Å²) in [7, 11) is 0. The van der Waals surface area contributed by atoms with Crippen LogP contribution in [0.2, 0.25) is 0 Å². The molecule has 126 valence electrons. The SMILES string of the molecule is CC(C)(C)OC(=O)Nc1sccc1Br.O=C(O)c1sccc1Br. The molecule has 0 aliphatic carbocycles. The van der Waals surface area contributed by atoms with Crippen LogP contribution < -0.4 is 5.32 Å². The Morgan fingerprint density at radius 1 is 1.13 bits per heavy atom. The van der Waals surface area contributed by atoms with Gasteiger partial charge in [0.15, 0.2) is 0 Å². The highest BCUT2D eigenvalue weighted by Crippen LogP contribution is 2.28. The van der Waals surface area contributed by atoms with Gasteiger partial charge in [-0.3, -0.25) is 5.32 Å². The maximum Gasteiger partial charge on any atom is 0.412 e. The smallest absolute Gasteiger partial charge is 0.412 e. The molecule has 0 aliphatic rings. The van der Waals surface area contributed by atoms with Crippen molar-refractivity contribution < 1.29 is 19.4 Å². The number of rotatable bonds is 2. The van der Waals surface area contributed by atoms with E-state index in [0.717, 1.165) is 9.47 Å². The van der Waals surface area contributed by atoms with Crippen LogP contribution in [0.4, 0.5) is 9.80 Å². The summed E-state index contributed by atoms with van der Waals surface area (Å²) in [5.74, 6) is -0.878. The van der Waals surface area contributed by atoms with Gasteiger partial charge in [-0.1, -0.05) is 0 Å². The lowest BCUT2D eigenvalue weighted by Crippen LogP contribution is -2.27. The quantitative estimate of drug-likeness (QED) is 0.542. The standard InChI is InChI=1S/C9H12BrNO2S.C5H3BrO2S/c1-9(2,3)13-8(12)11-7-6(10)4-5-14-7;6-3-1-2-9-4(3)5(7)8/h4-5H,1-3H3,(H,11,12);1-2H,(H,7,8). The van der Waals surface area contributed by atoms with Gasteiger partial charge in [0.2, 0.25) is 0 Å². The molecule has 0 saturated heterocycles. The van der Waals surface area contributed by atoms with E-state index in [4.69, 9.17) is 9.84 Å². The van der Waals surface area contributed by atoms with Crippen LogP contribution in [0.1, 0.15) is 30.4 Å². The molecule has 0 radical (unpaired) electrons. The van der Waals surface area contributed by atoms with Gasteiger partial charge < -0.3 is 9.84 Å². The van der Waals surface area contributed by atoms with Crippen molar-refractivity contribution in [2.24, 2.45) is 0 Å². The summed E-state index contributed by atoms with van der Waals surface area (Å²) < 4.78 is 6.62. The molecule has 0 aromatic carbocycles. The van der Waals surface area contributed by atoms with E-state index in [1.54, 1.807) is 11.4 Å². The number of thiophene rings is 2. The molecule has 23 heavy (non-hydrogen) atoms. The van der Waals surface area contributed by atoms with Gasteiger partial charge in [0.05, 0.1) is 4.47 Å². The zero-order valence-corrected chi connectivity index (χ0v) is 17.4. The number of carbonyl (C=O) groups excluding carboxylic acids is 1. The Hall–Kier alpha value is -0.900. The fourth-order valence-electron chi connectivity index (χ4n) is 1.23. The number of amides is 1. The van der Waals surface area contributed by atoms with Crippen molar-refractivity contribution in [1.82, 2.24) is 0 Å². The highest BCUT2D eigenvalue weighted by molar-refractivity contribution is 9.11. The van der Waals surface area contributed by atoms with Gasteiger partial charge in [-0.25, -0.2) is 9.59 Å². The van der Waals surface area contributed by atoms with E-state index >= 15 is 0 Å². The number of aromatic carboxylic acids is 1. The molecular formula is C14H15Br2NO4S2. The maximum atomic E-state index is 11.3. The minimum atomic E-state index is -0.878. The Kier molecular flexibility index (Phi) is 7.72. The first-order chi connectivity index (χ1) is 10.6. The van der Waals surface area contributed by atoms with Crippen LogP contribution in [-0.4, -0.2) is 22.8 Å². The van der Waals surface area contributed by atoms with Crippen molar-refractivity contribution in [2.75, 3.05) is 5.32 Å². The van der Waals surface area contributed by atoms with Gasteiger partial charge in [0.25, 0.3) is 0 Å². The highest BCUT2D eigenvalue weighted by Gasteiger charge is 2.17. The normalized spacial score (nSPS) is 10.5. The Morgan fingerprint density at radius 3 is 2.04 bits per heavy atom. The summed E-state index contributed by atoms with van der Waals surface area (Å²) in [6, 6.07) is 3.59. The predicted octanol–water partition coefficient (Wildman–Crippen LogP) is 6.07. The molecule has 2 aromatic heterocycles. The zero-order chi connectivity index (χ0) is 17.6. The number of nitrogens with one attached hydrogen (secondary N) is 1. The summed E-state index contributed by atoms with van der Waals surface area (Å²) in [6.45, 7) is 5.49. The Bertz CT molecular complexity index is 676. The third kappa shape index (κ3) is 7.47. The monoisotopic (exact) mass is 483 g/mol. The molecule has 9 heteroatoms. The topological polar surface area (TPSA) is 75.6 Å². The third-order valence-electron chi connectivity index (χ3n) is 2.04. The van der Waals surface area contributed by atoms with Gasteiger partial charge in [-0.05, 0) is 75.5 Å². The van der Waals surface area contributed by atoms with Crippen LogP contribution in [0.3, 0.4) is 0 Å². The second kappa shape index (κ2) is 8.81. The van der Waals surface area contributed by atoms with E-state index in [1.165, 1.54) is 22.7 Å². The molecular weight excluding hydrogens is 470 g/mol. The average Bonchev–Trinajstić information content (AvgIpc) is 2.97. The van der Waals surface area contributed by atoms with Gasteiger partial charge >= 0.3 is 12.1 Å². The lowest BCUT2D eigenvalue weighted by Gasteiger charge is -2.19. The second-order valence-corrected chi connectivity index (χ2v) is 8.67. The van der Waals surface area contributed by atoms with Crippen molar-refractivity contribution in [3.05, 3.63) is 36.7 Å². The summed E-state index contributed by atoms with van der Waals surface area (Å²) in [6.07, 6.45) is -0.430. The van der Waals surface area contributed by atoms with Crippen LogP contribution >= 0.6 is 54.5 Å². The summed E-state index contributed by atoms with van der Waals surface area (Å²) in [5, 5.41) is 15.5. The lowest BCUT2D eigenvalue weighted by molar-refractivity contribution is 0.0634. The van der Waals surface area contributed by atoms with Gasteiger partial charge in [0, 0.05) is 4.47 Å². The molecule has 0 spiro atoms. The van der Waals surface area contributed by atoms with Crippen molar-refractivity contribution >= 4 is 71.6 Å². The van der Waals surface area contributed by atoms with E-state index in [0.29, 0.717) is 9.35 Å². The molecule has 1 amide bonds. The fraction of sp³-hybridized carbons (Fsp3) is 0.286. The fourth-order valence-corrected chi connectivity index (χ4v) is 3.95. The van der Waals surface area contributed by atoms with E-state index in [9.17, 15) is 9.59 Å². The molecule has 5 nitrogen and oxygen atoms in total. The Labute approximate surface area is 158 Å². The summed E-state index contributed by atoms with van der Waals surface area (Å²) in [5.41, 5.74) is -0.464. The zero-order valence-electron chi connectivity index (χ0n) is 12.6. The van der Waals surface area contributed by atoms with E-state index in [-0.39, 0.29) is 0 Å². The number of anilines is 1. The molecule has 0 atom stereocenters. The van der Waals surface area contributed by atoms with Gasteiger partial charge in [0.1, 0.15) is 15.5 Å². The summed E-state index contributed by atoms with van der Waals surface area (Å²) in [4.78, 5) is 22.0. The van der Waals surface area contributed by atoms with Gasteiger partial charge in [-0.15, -0.1) is 22.7 Å². The number of hydrogen-bond donors (Lipinski definition) is 2. The minimum absolute atomic E-state index is 0.356.